The van der Waals surface area contributed by atoms with Crippen molar-refractivity contribution in [1.82, 2.24) is 13.9 Å². The van der Waals surface area contributed by atoms with Gasteiger partial charge in [-0.2, -0.15) is 0 Å². The second-order valence-corrected chi connectivity index (χ2v) is 11.1. The standard InChI is InChI=1S/C27H27N5O7S/c1-38-20-9-8-18(24(15-20)39-2)17-30-12-10-19(14-25(30)33)29-26-22-11-13-31(27(22)28-16-23(26)32(34)35)40(36,37)21-6-4-3-5-7-21/h3-9,11,13,15-16,19H,10,12,14,17H2,1-2H3,(H,28,29). The van der Waals surface area contributed by atoms with Gasteiger partial charge in [-0.1, -0.05) is 18.2 Å². The molecule has 4 aromatic rings. The van der Waals surface area contributed by atoms with Crippen LogP contribution in [0.4, 0.5) is 11.4 Å². The molecule has 1 aliphatic heterocycles. The van der Waals surface area contributed by atoms with Crippen LogP contribution in [0.1, 0.15) is 18.4 Å². The van der Waals surface area contributed by atoms with Crippen molar-refractivity contribution in [3.05, 3.63) is 82.7 Å². The van der Waals surface area contributed by atoms with Crippen molar-refractivity contribution in [2.24, 2.45) is 0 Å². The molecule has 0 radical (unpaired) electrons. The Labute approximate surface area is 230 Å². The molecule has 1 fully saturated rings. The van der Waals surface area contributed by atoms with E-state index >= 15 is 0 Å². The van der Waals surface area contributed by atoms with E-state index in [-0.39, 0.29) is 39.6 Å². The van der Waals surface area contributed by atoms with Crippen LogP contribution in [0, 0.1) is 10.1 Å². The number of benzene rings is 2. The monoisotopic (exact) mass is 565 g/mol. The van der Waals surface area contributed by atoms with Crippen LogP contribution in [0.2, 0.25) is 0 Å². The average molecular weight is 566 g/mol. The molecule has 1 amide bonds. The highest BCUT2D eigenvalue weighted by atomic mass is 32.2. The molecule has 1 aliphatic rings. The zero-order valence-electron chi connectivity index (χ0n) is 21.8. The van der Waals surface area contributed by atoms with Gasteiger partial charge in [0.2, 0.25) is 5.91 Å². The molecule has 1 atom stereocenters. The second kappa shape index (κ2) is 10.8. The number of carbonyl (C=O) groups is 1. The van der Waals surface area contributed by atoms with Gasteiger partial charge in [-0.3, -0.25) is 14.9 Å². The number of carbonyl (C=O) groups excluding carboxylic acids is 1. The summed E-state index contributed by atoms with van der Waals surface area (Å²) in [6.45, 7) is 0.760. The van der Waals surface area contributed by atoms with Crippen molar-refractivity contribution >= 4 is 38.3 Å². The number of nitrogens with one attached hydrogen (secondary N) is 1. The Hall–Kier alpha value is -4.65. The fraction of sp³-hybridized carbons (Fsp3) is 0.259. The number of ether oxygens (including phenoxy) is 2. The Morgan fingerprint density at radius 2 is 1.90 bits per heavy atom. The van der Waals surface area contributed by atoms with Crippen LogP contribution in [0.5, 0.6) is 11.5 Å². The van der Waals surface area contributed by atoms with E-state index in [1.54, 1.807) is 49.5 Å². The van der Waals surface area contributed by atoms with Gasteiger partial charge in [0.15, 0.2) is 5.65 Å². The van der Waals surface area contributed by atoms with Crippen molar-refractivity contribution in [3.8, 4) is 11.5 Å². The molecule has 0 aliphatic carbocycles. The summed E-state index contributed by atoms with van der Waals surface area (Å²) in [6.07, 6.45) is 2.98. The van der Waals surface area contributed by atoms with Crippen LogP contribution in [0.3, 0.4) is 0 Å². The lowest BCUT2D eigenvalue weighted by Gasteiger charge is -2.33. The van der Waals surface area contributed by atoms with E-state index in [4.69, 9.17) is 9.47 Å². The average Bonchev–Trinajstić information content (AvgIpc) is 3.41. The number of nitro groups is 1. The number of methoxy groups -OCH3 is 2. The summed E-state index contributed by atoms with van der Waals surface area (Å²) in [4.78, 5) is 30.3. The van der Waals surface area contributed by atoms with E-state index in [1.165, 1.54) is 24.4 Å². The number of fused-ring (bicyclic) bond motifs is 1. The zero-order valence-corrected chi connectivity index (χ0v) is 22.6. The summed E-state index contributed by atoms with van der Waals surface area (Å²) in [6, 6.07) is 14.3. The third kappa shape index (κ3) is 5.02. The molecule has 5 rings (SSSR count). The molecule has 3 heterocycles. The summed E-state index contributed by atoms with van der Waals surface area (Å²) < 4.78 is 38.2. The molecular formula is C27H27N5O7S. The van der Waals surface area contributed by atoms with Crippen molar-refractivity contribution < 1.29 is 27.6 Å². The van der Waals surface area contributed by atoms with E-state index in [0.717, 1.165) is 15.7 Å². The Morgan fingerprint density at radius 1 is 1.12 bits per heavy atom. The Morgan fingerprint density at radius 3 is 2.58 bits per heavy atom. The van der Waals surface area contributed by atoms with E-state index < -0.39 is 21.0 Å². The lowest BCUT2D eigenvalue weighted by molar-refractivity contribution is -0.384. The van der Waals surface area contributed by atoms with Gasteiger partial charge in [-0.05, 0) is 36.8 Å². The predicted octanol–water partition coefficient (Wildman–Crippen LogP) is 3.80. The van der Waals surface area contributed by atoms with Crippen molar-refractivity contribution in [2.75, 3.05) is 26.1 Å². The maximum Gasteiger partial charge on any atom is 0.311 e. The number of likely N-dealkylation sites (tertiary alicyclic amines) is 1. The molecule has 2 aromatic heterocycles. The van der Waals surface area contributed by atoms with E-state index in [2.05, 4.69) is 10.3 Å². The van der Waals surface area contributed by atoms with Gasteiger partial charge in [-0.15, -0.1) is 0 Å². The number of anilines is 1. The van der Waals surface area contributed by atoms with Crippen molar-refractivity contribution in [1.29, 1.82) is 0 Å². The number of piperidine rings is 1. The van der Waals surface area contributed by atoms with Crippen LogP contribution < -0.4 is 14.8 Å². The van der Waals surface area contributed by atoms with Gasteiger partial charge in [0, 0.05) is 43.4 Å². The number of aromatic nitrogens is 2. The number of hydrogen-bond acceptors (Lipinski definition) is 9. The largest absolute Gasteiger partial charge is 0.497 e. The molecule has 12 nitrogen and oxygen atoms in total. The number of amides is 1. The van der Waals surface area contributed by atoms with Crippen LogP contribution in [0.25, 0.3) is 11.0 Å². The third-order valence-electron chi connectivity index (χ3n) is 6.88. The summed E-state index contributed by atoms with van der Waals surface area (Å²) in [7, 11) is -0.868. The lowest BCUT2D eigenvalue weighted by atomic mass is 10.0. The molecule has 40 heavy (non-hydrogen) atoms. The van der Waals surface area contributed by atoms with Crippen LogP contribution >= 0.6 is 0 Å². The van der Waals surface area contributed by atoms with E-state index in [1.807, 2.05) is 6.07 Å². The second-order valence-electron chi connectivity index (χ2n) is 9.27. The fourth-order valence-corrected chi connectivity index (χ4v) is 6.13. The summed E-state index contributed by atoms with van der Waals surface area (Å²) in [5, 5.41) is 15.3. The van der Waals surface area contributed by atoms with Gasteiger partial charge in [0.25, 0.3) is 10.0 Å². The molecule has 13 heteroatoms. The van der Waals surface area contributed by atoms with Crippen LogP contribution in [-0.2, 0) is 21.4 Å². The Balaban J connectivity index is 1.39. The number of nitrogens with zero attached hydrogens (tertiary/aromatic N) is 4. The fourth-order valence-electron chi connectivity index (χ4n) is 4.80. The van der Waals surface area contributed by atoms with E-state index in [9.17, 15) is 23.3 Å². The lowest BCUT2D eigenvalue weighted by Crippen LogP contribution is -2.43. The highest BCUT2D eigenvalue weighted by Gasteiger charge is 2.30. The topological polar surface area (TPSA) is 146 Å². The molecule has 1 saturated heterocycles. The van der Waals surface area contributed by atoms with Gasteiger partial charge in [0.05, 0.1) is 29.4 Å². The molecule has 208 valence electrons. The van der Waals surface area contributed by atoms with Gasteiger partial charge in [-0.25, -0.2) is 17.4 Å². The minimum absolute atomic E-state index is 0.0484. The summed E-state index contributed by atoms with van der Waals surface area (Å²) in [5.74, 6) is 1.13. The van der Waals surface area contributed by atoms with Gasteiger partial charge < -0.3 is 19.7 Å². The molecule has 0 spiro atoms. The highest BCUT2D eigenvalue weighted by molar-refractivity contribution is 7.90. The normalized spacial score (nSPS) is 15.7. The minimum atomic E-state index is -3.98. The highest BCUT2D eigenvalue weighted by Crippen LogP contribution is 2.35. The third-order valence-corrected chi connectivity index (χ3v) is 8.56. The predicted molar refractivity (Wildman–Crippen MR) is 147 cm³/mol. The van der Waals surface area contributed by atoms with Crippen molar-refractivity contribution in [3.63, 3.8) is 0 Å². The van der Waals surface area contributed by atoms with Gasteiger partial charge in [0.1, 0.15) is 23.4 Å². The Bertz CT molecular complexity index is 1690. The molecule has 0 bridgehead atoms. The summed E-state index contributed by atoms with van der Waals surface area (Å²) in [5.41, 5.74) is 0.697. The van der Waals surface area contributed by atoms with Crippen molar-refractivity contribution in [2.45, 2.75) is 30.3 Å². The first kappa shape index (κ1) is 26.9. The molecule has 0 saturated carbocycles. The maximum absolute atomic E-state index is 13.2. The quantitative estimate of drug-likeness (QED) is 0.236. The first-order valence-corrected chi connectivity index (χ1v) is 13.9. The number of pyridine rings is 1. The first-order chi connectivity index (χ1) is 19.2. The van der Waals surface area contributed by atoms with Gasteiger partial charge >= 0.3 is 5.69 Å². The maximum atomic E-state index is 13.2. The number of hydrogen-bond donors (Lipinski definition) is 1. The molecule has 2 aromatic carbocycles. The molecule has 1 unspecified atom stereocenters. The van der Waals surface area contributed by atoms with Crippen LogP contribution in [-0.4, -0.2) is 59.9 Å². The van der Waals surface area contributed by atoms with E-state index in [0.29, 0.717) is 31.0 Å². The van der Waals surface area contributed by atoms with Crippen LogP contribution in [0.15, 0.2) is 71.9 Å². The molecule has 1 N–H and O–H groups in total. The SMILES string of the molecule is COc1ccc(CN2CCC(Nc3c([N+](=O)[O-])cnc4c3ccn4S(=O)(=O)c3ccccc3)CC2=O)c(OC)c1. The molecular weight excluding hydrogens is 538 g/mol. The zero-order chi connectivity index (χ0) is 28.4. The summed E-state index contributed by atoms with van der Waals surface area (Å²) >= 11 is 0. The smallest absolute Gasteiger partial charge is 0.311 e. The number of rotatable bonds is 9. The Kier molecular flexibility index (Phi) is 7.30. The minimum Gasteiger partial charge on any atom is -0.497 e. The first-order valence-electron chi connectivity index (χ1n) is 12.4.